The lowest BCUT2D eigenvalue weighted by Crippen LogP contribution is -2.13. The maximum atomic E-state index is 3.31. The second-order valence-electron chi connectivity index (χ2n) is 2.66. The number of thiophene rings is 1. The summed E-state index contributed by atoms with van der Waals surface area (Å²) in [6.45, 7) is 4.26. The minimum atomic E-state index is 0.976. The van der Waals surface area contributed by atoms with Crippen LogP contribution in [-0.2, 0) is 0 Å². The van der Waals surface area contributed by atoms with Gasteiger partial charge in [0.15, 0.2) is 0 Å². The molecule has 1 aromatic rings. The second kappa shape index (κ2) is 5.98. The van der Waals surface area contributed by atoms with E-state index in [-0.39, 0.29) is 0 Å². The largest absolute Gasteiger partial charge is 0.313 e. The fourth-order valence-electron chi connectivity index (χ4n) is 0.927. The summed E-state index contributed by atoms with van der Waals surface area (Å²) in [4.78, 5) is 0. The molecule has 0 aromatic carbocycles. The predicted molar refractivity (Wildman–Crippen MR) is 56.5 cm³/mol. The first kappa shape index (κ1) is 9.49. The van der Waals surface area contributed by atoms with E-state index >= 15 is 0 Å². The Balaban J connectivity index is 2.14. The molecule has 12 heavy (non-hydrogen) atoms. The lowest BCUT2D eigenvalue weighted by atomic mass is 10.3. The molecule has 0 saturated carbocycles. The standard InChI is InChI=1S/C10H15NS/c1-2-6-11-7-3-4-10-5-8-12-9-10/h3-5,8-9,11H,2,6-7H2,1H3. The molecular weight excluding hydrogens is 166 g/mol. The normalized spacial score (nSPS) is 11.1. The van der Waals surface area contributed by atoms with Gasteiger partial charge in [-0.15, -0.1) is 0 Å². The van der Waals surface area contributed by atoms with Gasteiger partial charge in [-0.3, -0.25) is 0 Å². The van der Waals surface area contributed by atoms with Crippen LogP contribution in [0.15, 0.2) is 22.9 Å². The van der Waals surface area contributed by atoms with E-state index in [0.717, 1.165) is 13.1 Å². The Morgan fingerprint density at radius 2 is 2.50 bits per heavy atom. The Hall–Kier alpha value is -0.600. The molecule has 0 fully saturated rings. The summed E-state index contributed by atoms with van der Waals surface area (Å²) in [5.74, 6) is 0. The summed E-state index contributed by atoms with van der Waals surface area (Å²) >= 11 is 1.74. The molecule has 0 atom stereocenters. The summed E-state index contributed by atoms with van der Waals surface area (Å²) in [6, 6.07) is 2.13. The zero-order valence-electron chi connectivity index (χ0n) is 7.42. The van der Waals surface area contributed by atoms with Gasteiger partial charge in [0, 0.05) is 6.54 Å². The van der Waals surface area contributed by atoms with Crippen LogP contribution in [0.3, 0.4) is 0 Å². The fourth-order valence-corrected chi connectivity index (χ4v) is 1.56. The molecule has 66 valence electrons. The van der Waals surface area contributed by atoms with Crippen molar-refractivity contribution in [1.29, 1.82) is 0 Å². The van der Waals surface area contributed by atoms with Gasteiger partial charge in [-0.25, -0.2) is 0 Å². The topological polar surface area (TPSA) is 12.0 Å². The molecule has 1 aromatic heterocycles. The molecule has 0 radical (unpaired) electrons. The summed E-state index contributed by atoms with van der Waals surface area (Å²) in [7, 11) is 0. The molecule has 0 spiro atoms. The third kappa shape index (κ3) is 3.69. The van der Waals surface area contributed by atoms with Crippen LogP contribution in [0.4, 0.5) is 0 Å². The summed E-state index contributed by atoms with van der Waals surface area (Å²) in [5, 5.41) is 7.56. The highest BCUT2D eigenvalue weighted by Gasteiger charge is 1.83. The van der Waals surface area contributed by atoms with Crippen molar-refractivity contribution in [1.82, 2.24) is 5.32 Å². The van der Waals surface area contributed by atoms with Crippen molar-refractivity contribution >= 4 is 17.4 Å². The van der Waals surface area contributed by atoms with Gasteiger partial charge < -0.3 is 5.32 Å². The van der Waals surface area contributed by atoms with Crippen LogP contribution in [-0.4, -0.2) is 13.1 Å². The van der Waals surface area contributed by atoms with E-state index in [0.29, 0.717) is 0 Å². The Bertz CT molecular complexity index is 214. The average molecular weight is 181 g/mol. The molecule has 1 nitrogen and oxygen atoms in total. The highest BCUT2D eigenvalue weighted by atomic mass is 32.1. The molecule has 1 N–H and O–H groups in total. The molecule has 2 heteroatoms. The van der Waals surface area contributed by atoms with Gasteiger partial charge in [0.2, 0.25) is 0 Å². The lowest BCUT2D eigenvalue weighted by molar-refractivity contribution is 0.730. The monoisotopic (exact) mass is 181 g/mol. The molecule has 0 bridgehead atoms. The van der Waals surface area contributed by atoms with Crippen LogP contribution < -0.4 is 5.32 Å². The SMILES string of the molecule is CCCNCC=Cc1ccsc1. The zero-order valence-corrected chi connectivity index (χ0v) is 8.23. The predicted octanol–water partition coefficient (Wildman–Crippen LogP) is 2.76. The maximum absolute atomic E-state index is 3.31. The molecule has 0 amide bonds. The number of rotatable bonds is 5. The number of hydrogen-bond donors (Lipinski definition) is 1. The van der Waals surface area contributed by atoms with Gasteiger partial charge in [-0.05, 0) is 35.4 Å². The van der Waals surface area contributed by atoms with Crippen LogP contribution in [0.1, 0.15) is 18.9 Å². The van der Waals surface area contributed by atoms with Crippen molar-refractivity contribution in [3.05, 3.63) is 28.5 Å². The van der Waals surface area contributed by atoms with Crippen molar-refractivity contribution in [2.75, 3.05) is 13.1 Å². The van der Waals surface area contributed by atoms with Crippen molar-refractivity contribution in [3.63, 3.8) is 0 Å². The second-order valence-corrected chi connectivity index (χ2v) is 3.44. The Kier molecular flexibility index (Phi) is 4.73. The van der Waals surface area contributed by atoms with Crippen molar-refractivity contribution in [2.45, 2.75) is 13.3 Å². The molecule has 0 aliphatic heterocycles. The first-order valence-electron chi connectivity index (χ1n) is 4.33. The van der Waals surface area contributed by atoms with Gasteiger partial charge in [-0.2, -0.15) is 11.3 Å². The minimum absolute atomic E-state index is 0.976. The molecule has 1 rings (SSSR count). The van der Waals surface area contributed by atoms with Crippen LogP contribution in [0, 0.1) is 0 Å². The Labute approximate surface area is 78.1 Å². The van der Waals surface area contributed by atoms with E-state index in [1.54, 1.807) is 11.3 Å². The van der Waals surface area contributed by atoms with E-state index in [1.165, 1.54) is 12.0 Å². The van der Waals surface area contributed by atoms with Gasteiger partial charge >= 0.3 is 0 Å². The lowest BCUT2D eigenvalue weighted by Gasteiger charge is -1.95. The van der Waals surface area contributed by atoms with Gasteiger partial charge in [0.25, 0.3) is 0 Å². The van der Waals surface area contributed by atoms with Gasteiger partial charge in [0.05, 0.1) is 0 Å². The fraction of sp³-hybridized carbons (Fsp3) is 0.400. The zero-order chi connectivity index (χ0) is 8.65. The Morgan fingerprint density at radius 1 is 1.58 bits per heavy atom. The third-order valence-corrected chi connectivity index (χ3v) is 2.24. The summed E-state index contributed by atoms with van der Waals surface area (Å²) < 4.78 is 0. The molecule has 1 heterocycles. The Morgan fingerprint density at radius 3 is 3.17 bits per heavy atom. The summed E-state index contributed by atoms with van der Waals surface area (Å²) in [5.41, 5.74) is 1.30. The van der Waals surface area contributed by atoms with Gasteiger partial charge in [0.1, 0.15) is 0 Å². The average Bonchev–Trinajstić information content (AvgIpc) is 2.57. The molecule has 0 aliphatic carbocycles. The van der Waals surface area contributed by atoms with E-state index in [2.05, 4.69) is 41.2 Å². The molecule has 0 saturated heterocycles. The highest BCUT2D eigenvalue weighted by Crippen LogP contribution is 2.06. The van der Waals surface area contributed by atoms with E-state index in [1.807, 2.05) is 0 Å². The molecule has 0 unspecified atom stereocenters. The van der Waals surface area contributed by atoms with Crippen molar-refractivity contribution in [2.24, 2.45) is 0 Å². The third-order valence-electron chi connectivity index (χ3n) is 1.54. The summed E-state index contributed by atoms with van der Waals surface area (Å²) in [6.07, 6.45) is 5.52. The molecular formula is C10H15NS. The van der Waals surface area contributed by atoms with Crippen molar-refractivity contribution < 1.29 is 0 Å². The van der Waals surface area contributed by atoms with Crippen LogP contribution in [0.5, 0.6) is 0 Å². The van der Waals surface area contributed by atoms with Crippen LogP contribution >= 0.6 is 11.3 Å². The quantitative estimate of drug-likeness (QED) is 0.689. The van der Waals surface area contributed by atoms with Crippen molar-refractivity contribution in [3.8, 4) is 0 Å². The minimum Gasteiger partial charge on any atom is -0.313 e. The number of nitrogens with one attached hydrogen (secondary N) is 1. The smallest absolute Gasteiger partial charge is 0.0138 e. The molecule has 0 aliphatic rings. The van der Waals surface area contributed by atoms with E-state index in [4.69, 9.17) is 0 Å². The number of hydrogen-bond acceptors (Lipinski definition) is 2. The van der Waals surface area contributed by atoms with Gasteiger partial charge in [-0.1, -0.05) is 19.1 Å². The van der Waals surface area contributed by atoms with E-state index in [9.17, 15) is 0 Å². The highest BCUT2D eigenvalue weighted by molar-refractivity contribution is 7.08. The maximum Gasteiger partial charge on any atom is 0.0138 e. The van der Waals surface area contributed by atoms with Crippen LogP contribution in [0.2, 0.25) is 0 Å². The van der Waals surface area contributed by atoms with Crippen LogP contribution in [0.25, 0.3) is 6.08 Å². The first-order valence-corrected chi connectivity index (χ1v) is 5.27. The van der Waals surface area contributed by atoms with E-state index < -0.39 is 0 Å². The first-order chi connectivity index (χ1) is 5.93.